The lowest BCUT2D eigenvalue weighted by molar-refractivity contribution is 0.00408. The molecule has 43 heavy (non-hydrogen) atoms. The molecule has 0 aliphatic carbocycles. The van der Waals surface area contributed by atoms with E-state index in [4.69, 9.17) is 28.4 Å². The Morgan fingerprint density at radius 2 is 1.65 bits per heavy atom. The molecule has 1 aliphatic rings. The van der Waals surface area contributed by atoms with E-state index in [2.05, 4.69) is 5.32 Å². The maximum atomic E-state index is 14.0. The first-order valence-electron chi connectivity index (χ1n) is 14.4. The number of nitrogens with one attached hydrogen (secondary N) is 1. The van der Waals surface area contributed by atoms with Gasteiger partial charge in [-0.05, 0) is 62.8 Å². The van der Waals surface area contributed by atoms with Crippen molar-refractivity contribution < 1.29 is 38.0 Å². The first-order valence-corrected chi connectivity index (χ1v) is 14.4. The van der Waals surface area contributed by atoms with Gasteiger partial charge in [-0.2, -0.15) is 0 Å². The van der Waals surface area contributed by atoms with E-state index in [9.17, 15) is 9.59 Å². The number of likely N-dealkylation sites (tertiary alicyclic amines) is 1. The highest BCUT2D eigenvalue weighted by Crippen LogP contribution is 2.33. The minimum atomic E-state index is -0.643. The van der Waals surface area contributed by atoms with Crippen molar-refractivity contribution in [2.45, 2.75) is 58.0 Å². The van der Waals surface area contributed by atoms with E-state index >= 15 is 0 Å². The van der Waals surface area contributed by atoms with Gasteiger partial charge in [0.1, 0.15) is 17.1 Å². The zero-order chi connectivity index (χ0) is 30.8. The predicted octanol–water partition coefficient (Wildman–Crippen LogP) is 5.52. The zero-order valence-electron chi connectivity index (χ0n) is 25.6. The maximum absolute atomic E-state index is 14.0. The normalized spacial score (nSPS) is 17.3. The van der Waals surface area contributed by atoms with Gasteiger partial charge in [-0.25, -0.2) is 4.79 Å². The molecule has 0 bridgehead atoms. The van der Waals surface area contributed by atoms with Crippen molar-refractivity contribution in [3.63, 3.8) is 0 Å². The van der Waals surface area contributed by atoms with Crippen LogP contribution >= 0.6 is 0 Å². The number of hydrogen-bond donors (Lipinski definition) is 1. The second-order valence-corrected chi connectivity index (χ2v) is 11.4. The Kier molecular flexibility index (Phi) is 11.2. The molecule has 232 valence electrons. The number of nitrogens with zero attached hydrogens (tertiary/aromatic N) is 1. The standard InChI is InChI=1S/C33H42N2O8/c1-33(2,3)43-32(37)35-16-10-15-29(40-20-23-11-7-6-8-12-23)27(19-35)34-31(36)26-17-24-13-9-14-28(41-21-38-4)25(24)18-30(26)42-22-39-5/h6-9,11-14,17-18,27,29H,10,15-16,19-22H2,1-5H3,(H,34,36)/t27-,29-/m1/s1. The third-order valence-electron chi connectivity index (χ3n) is 6.91. The molecule has 1 fully saturated rings. The summed E-state index contributed by atoms with van der Waals surface area (Å²) in [7, 11) is 3.06. The van der Waals surface area contributed by atoms with Crippen molar-refractivity contribution in [2.24, 2.45) is 0 Å². The van der Waals surface area contributed by atoms with Gasteiger partial charge in [-0.1, -0.05) is 42.5 Å². The molecule has 0 radical (unpaired) electrons. The molecule has 10 nitrogen and oxygen atoms in total. The lowest BCUT2D eigenvalue weighted by atomic mass is 10.0. The van der Waals surface area contributed by atoms with Crippen LogP contribution < -0.4 is 14.8 Å². The number of amides is 2. The molecule has 0 unspecified atom stereocenters. The summed E-state index contributed by atoms with van der Waals surface area (Å²) in [5.41, 5.74) is 0.705. The highest BCUT2D eigenvalue weighted by molar-refractivity contribution is 6.03. The zero-order valence-corrected chi connectivity index (χ0v) is 25.6. The lowest BCUT2D eigenvalue weighted by Crippen LogP contribution is -2.51. The molecule has 3 aromatic rings. The van der Waals surface area contributed by atoms with Crippen LogP contribution in [0.4, 0.5) is 4.79 Å². The lowest BCUT2D eigenvalue weighted by Gasteiger charge is -2.31. The van der Waals surface area contributed by atoms with Gasteiger partial charge in [0.2, 0.25) is 0 Å². The summed E-state index contributed by atoms with van der Waals surface area (Å²) in [6.07, 6.45) is 0.596. The number of fused-ring (bicyclic) bond motifs is 1. The molecule has 1 N–H and O–H groups in total. The number of rotatable bonds is 11. The molecule has 1 aliphatic heterocycles. The Bertz CT molecular complexity index is 1360. The van der Waals surface area contributed by atoms with Crippen molar-refractivity contribution in [1.82, 2.24) is 10.2 Å². The quantitative estimate of drug-likeness (QED) is 0.290. The predicted molar refractivity (Wildman–Crippen MR) is 162 cm³/mol. The van der Waals surface area contributed by atoms with Gasteiger partial charge in [0.15, 0.2) is 13.6 Å². The molecule has 2 atom stereocenters. The van der Waals surface area contributed by atoms with Gasteiger partial charge in [0.05, 0.1) is 24.3 Å². The summed E-state index contributed by atoms with van der Waals surface area (Å²) in [6, 6.07) is 18.5. The SMILES string of the molecule is COCOc1cc2c(OCOC)cccc2cc1C(=O)N[C@@H]1CN(C(=O)OC(C)(C)C)CCC[C@H]1OCc1ccccc1. The average molecular weight is 595 g/mol. The molecule has 3 aromatic carbocycles. The molecule has 4 rings (SSSR count). The van der Waals surface area contributed by atoms with E-state index < -0.39 is 17.7 Å². The van der Waals surface area contributed by atoms with Crippen molar-refractivity contribution in [2.75, 3.05) is 40.9 Å². The Labute approximate surface area is 253 Å². The summed E-state index contributed by atoms with van der Waals surface area (Å²) in [5, 5.41) is 4.70. The van der Waals surface area contributed by atoms with E-state index in [1.807, 2.05) is 69.3 Å². The van der Waals surface area contributed by atoms with E-state index in [-0.39, 0.29) is 32.1 Å². The third kappa shape index (κ3) is 9.06. The van der Waals surface area contributed by atoms with E-state index in [0.29, 0.717) is 43.1 Å². The number of carbonyl (C=O) groups is 2. The Morgan fingerprint density at radius 3 is 2.35 bits per heavy atom. The molecule has 10 heteroatoms. The average Bonchev–Trinajstić information content (AvgIpc) is 3.19. The van der Waals surface area contributed by atoms with Gasteiger partial charge in [0.25, 0.3) is 5.91 Å². The fourth-order valence-electron chi connectivity index (χ4n) is 4.93. The Morgan fingerprint density at radius 1 is 0.930 bits per heavy atom. The molecule has 1 heterocycles. The number of ether oxygens (including phenoxy) is 6. The molecule has 0 aromatic heterocycles. The number of carbonyl (C=O) groups excluding carboxylic acids is 2. The molecule has 0 saturated carbocycles. The smallest absolute Gasteiger partial charge is 0.410 e. The Hall–Kier alpha value is -3.86. The first kappa shape index (κ1) is 32.1. The van der Waals surface area contributed by atoms with Crippen LogP contribution in [-0.2, 0) is 25.6 Å². The van der Waals surface area contributed by atoms with Crippen LogP contribution in [-0.4, -0.2) is 75.5 Å². The molecule has 0 spiro atoms. The van der Waals surface area contributed by atoms with Crippen LogP contribution in [0.1, 0.15) is 49.5 Å². The van der Waals surface area contributed by atoms with Gasteiger partial charge < -0.3 is 38.6 Å². The highest BCUT2D eigenvalue weighted by Gasteiger charge is 2.34. The maximum Gasteiger partial charge on any atom is 0.410 e. The summed E-state index contributed by atoms with van der Waals surface area (Å²) in [5.74, 6) is 0.569. The van der Waals surface area contributed by atoms with Crippen LogP contribution in [0.5, 0.6) is 11.5 Å². The van der Waals surface area contributed by atoms with Crippen LogP contribution in [0.2, 0.25) is 0 Å². The molecular formula is C33H42N2O8. The number of hydrogen-bond acceptors (Lipinski definition) is 8. The van der Waals surface area contributed by atoms with Crippen molar-refractivity contribution in [3.8, 4) is 11.5 Å². The number of methoxy groups -OCH3 is 2. The van der Waals surface area contributed by atoms with E-state index in [0.717, 1.165) is 16.3 Å². The van der Waals surface area contributed by atoms with Gasteiger partial charge in [-0.3, -0.25) is 4.79 Å². The summed E-state index contributed by atoms with van der Waals surface area (Å²) < 4.78 is 33.8. The fourth-order valence-corrected chi connectivity index (χ4v) is 4.93. The molecule has 2 amide bonds. The third-order valence-corrected chi connectivity index (χ3v) is 6.91. The van der Waals surface area contributed by atoms with Crippen molar-refractivity contribution in [1.29, 1.82) is 0 Å². The molecular weight excluding hydrogens is 552 g/mol. The van der Waals surface area contributed by atoms with Crippen LogP contribution in [0.15, 0.2) is 60.7 Å². The van der Waals surface area contributed by atoms with E-state index in [1.165, 1.54) is 7.11 Å². The van der Waals surface area contributed by atoms with Crippen LogP contribution in [0, 0.1) is 0 Å². The Balaban J connectivity index is 1.63. The van der Waals surface area contributed by atoms with Crippen molar-refractivity contribution in [3.05, 3.63) is 71.8 Å². The second-order valence-electron chi connectivity index (χ2n) is 11.4. The van der Waals surface area contributed by atoms with Gasteiger partial charge in [0, 0.05) is 32.7 Å². The van der Waals surface area contributed by atoms with E-state index in [1.54, 1.807) is 24.1 Å². The summed E-state index contributed by atoms with van der Waals surface area (Å²) in [4.78, 5) is 28.7. The van der Waals surface area contributed by atoms with Crippen LogP contribution in [0.25, 0.3) is 10.8 Å². The highest BCUT2D eigenvalue weighted by atomic mass is 16.7. The topological polar surface area (TPSA) is 105 Å². The van der Waals surface area contributed by atoms with Gasteiger partial charge >= 0.3 is 6.09 Å². The van der Waals surface area contributed by atoms with Crippen molar-refractivity contribution >= 4 is 22.8 Å². The monoisotopic (exact) mass is 594 g/mol. The van der Waals surface area contributed by atoms with Gasteiger partial charge in [-0.15, -0.1) is 0 Å². The minimum Gasteiger partial charge on any atom is -0.467 e. The summed E-state index contributed by atoms with van der Waals surface area (Å²) in [6.45, 7) is 6.64. The first-order chi connectivity index (χ1) is 20.7. The van der Waals surface area contributed by atoms with Crippen LogP contribution in [0.3, 0.4) is 0 Å². The summed E-state index contributed by atoms with van der Waals surface area (Å²) >= 11 is 0. The molecule has 1 saturated heterocycles. The second kappa shape index (κ2) is 15.0. The minimum absolute atomic E-state index is 0.0501. The number of benzene rings is 3. The largest absolute Gasteiger partial charge is 0.467 e. The fraction of sp³-hybridized carbons (Fsp3) is 0.455.